The van der Waals surface area contributed by atoms with Gasteiger partial charge in [-0.25, -0.2) is 0 Å². The number of Topliss-reactive ketones (excluding diaryl/α,β-unsaturated/α-hetero) is 1. The Hall–Kier alpha value is -2.53. The van der Waals surface area contributed by atoms with Gasteiger partial charge in [0, 0.05) is 58.2 Å². The molecular weight excluding hydrogens is 500 g/mol. The number of anilines is 1. The maximum absolute atomic E-state index is 14.5. The number of amides is 2. The number of carbonyl (C=O) groups excluding carboxylic acids is 3. The average Bonchev–Trinajstić information content (AvgIpc) is 3.53. The van der Waals surface area contributed by atoms with Crippen LogP contribution in [0.4, 0.5) is 5.69 Å². The van der Waals surface area contributed by atoms with Crippen molar-refractivity contribution in [3.05, 3.63) is 29.3 Å². The summed E-state index contributed by atoms with van der Waals surface area (Å²) in [6, 6.07) is 5.09. The number of ketones is 1. The minimum Gasteiger partial charge on any atom is -0.383 e. The summed E-state index contributed by atoms with van der Waals surface area (Å²) >= 11 is 0. The number of hydrogen-bond acceptors (Lipinski definition) is 8. The fraction of sp³-hybridized carbons (Fsp3) is 0.690. The Labute approximate surface area is 230 Å². The molecule has 0 radical (unpaired) electrons. The van der Waals surface area contributed by atoms with Gasteiger partial charge in [0.05, 0.1) is 19.1 Å². The van der Waals surface area contributed by atoms with E-state index in [1.807, 2.05) is 12.1 Å². The van der Waals surface area contributed by atoms with Crippen LogP contribution in [0.2, 0.25) is 0 Å². The number of benzene rings is 1. The minimum absolute atomic E-state index is 0.00848. The van der Waals surface area contributed by atoms with Gasteiger partial charge >= 0.3 is 0 Å². The topological polar surface area (TPSA) is 115 Å². The normalized spacial score (nSPS) is 27.1. The molecule has 0 unspecified atom stereocenters. The second-order valence-electron chi connectivity index (χ2n) is 11.3. The van der Waals surface area contributed by atoms with Crippen molar-refractivity contribution in [2.75, 3.05) is 71.6 Å². The third-order valence-electron chi connectivity index (χ3n) is 9.10. The Morgan fingerprint density at radius 1 is 1.10 bits per heavy atom. The van der Waals surface area contributed by atoms with E-state index in [-0.39, 0.29) is 30.3 Å². The number of likely N-dealkylation sites (tertiary alicyclic amines) is 1. The number of fused-ring (bicyclic) bond motifs is 1. The molecule has 0 aromatic heterocycles. The van der Waals surface area contributed by atoms with Crippen molar-refractivity contribution in [2.24, 2.45) is 11.7 Å². The molecule has 1 saturated carbocycles. The lowest BCUT2D eigenvalue weighted by Crippen LogP contribution is -2.47. The van der Waals surface area contributed by atoms with Gasteiger partial charge < -0.3 is 29.7 Å². The number of nitrogens with two attached hydrogens (primary N) is 1. The molecule has 1 aromatic carbocycles. The molecule has 10 nitrogen and oxygen atoms in total. The maximum atomic E-state index is 14.5. The van der Waals surface area contributed by atoms with E-state index in [0.717, 1.165) is 70.5 Å². The van der Waals surface area contributed by atoms with E-state index in [1.165, 1.54) is 0 Å². The minimum atomic E-state index is -0.645. The molecule has 1 aromatic rings. The average molecular weight is 543 g/mol. The van der Waals surface area contributed by atoms with Crippen LogP contribution in [0.3, 0.4) is 0 Å². The number of rotatable bonds is 9. The van der Waals surface area contributed by atoms with E-state index in [2.05, 4.69) is 9.80 Å². The quantitative estimate of drug-likeness (QED) is 0.498. The van der Waals surface area contributed by atoms with E-state index >= 15 is 0 Å². The van der Waals surface area contributed by atoms with Crippen molar-refractivity contribution in [3.63, 3.8) is 0 Å². The lowest BCUT2D eigenvalue weighted by Gasteiger charge is -2.37. The molecule has 0 bridgehead atoms. The number of piperazine rings is 1. The third kappa shape index (κ3) is 5.70. The lowest BCUT2D eigenvalue weighted by atomic mass is 9.74. The Balaban J connectivity index is 1.48. The van der Waals surface area contributed by atoms with Crippen molar-refractivity contribution in [1.82, 2.24) is 9.80 Å². The van der Waals surface area contributed by atoms with Crippen LogP contribution in [0, 0.1) is 5.92 Å². The van der Waals surface area contributed by atoms with E-state index < -0.39 is 24.0 Å². The summed E-state index contributed by atoms with van der Waals surface area (Å²) in [5, 5.41) is 0. The summed E-state index contributed by atoms with van der Waals surface area (Å²) in [5.74, 6) is -1.24. The number of nitrogens with zero attached hydrogens (tertiary/aromatic N) is 3. The fourth-order valence-corrected chi connectivity index (χ4v) is 6.96. The second kappa shape index (κ2) is 12.3. The first kappa shape index (κ1) is 28.0. The van der Waals surface area contributed by atoms with Crippen LogP contribution in [0.1, 0.15) is 53.9 Å². The van der Waals surface area contributed by atoms with Gasteiger partial charge in [0.15, 0.2) is 5.78 Å². The van der Waals surface area contributed by atoms with Crippen molar-refractivity contribution >= 4 is 23.3 Å². The van der Waals surface area contributed by atoms with Crippen LogP contribution >= 0.6 is 0 Å². The van der Waals surface area contributed by atoms with Gasteiger partial charge in [-0.3, -0.25) is 19.3 Å². The molecule has 3 heterocycles. The number of hydrogen-bond donors (Lipinski definition) is 1. The van der Waals surface area contributed by atoms with E-state index in [1.54, 1.807) is 25.2 Å². The zero-order valence-electron chi connectivity index (χ0n) is 23.2. The number of methoxy groups -OCH3 is 2. The van der Waals surface area contributed by atoms with E-state index in [0.29, 0.717) is 24.3 Å². The van der Waals surface area contributed by atoms with Crippen molar-refractivity contribution in [3.8, 4) is 0 Å². The van der Waals surface area contributed by atoms with Gasteiger partial charge in [0.2, 0.25) is 11.8 Å². The first-order chi connectivity index (χ1) is 18.9. The van der Waals surface area contributed by atoms with Crippen molar-refractivity contribution < 1.29 is 28.6 Å². The fourth-order valence-electron chi connectivity index (χ4n) is 6.96. The monoisotopic (exact) mass is 542 g/mol. The van der Waals surface area contributed by atoms with Gasteiger partial charge in [-0.05, 0) is 42.5 Å². The van der Waals surface area contributed by atoms with Crippen LogP contribution in [-0.4, -0.2) is 112 Å². The molecule has 3 aliphatic heterocycles. The number of carbonyl (C=O) groups is 3. The second-order valence-corrected chi connectivity index (χ2v) is 11.3. The summed E-state index contributed by atoms with van der Waals surface area (Å²) in [7, 11) is 3.31. The summed E-state index contributed by atoms with van der Waals surface area (Å²) in [6.45, 7) is 5.42. The van der Waals surface area contributed by atoms with Crippen LogP contribution < -0.4 is 10.6 Å². The zero-order valence-corrected chi connectivity index (χ0v) is 23.2. The molecule has 4 aliphatic rings. The standard InChI is InChI=1S/C29H42N4O6/c1-37-15-14-31-10-12-32(13-11-31)20-8-9-21(28(30)35)22(16-20)25(19-6-4-3-5-7-19)29(36)33-17-24(38-2)27-26(33)23(34)18-39-27/h8-9,16,19,24-27H,3-7,10-15,17-18H2,1-2H3,(H2,30,35)/t24-,25+,26-,27-/m1/s1. The van der Waals surface area contributed by atoms with Crippen LogP contribution in [0.15, 0.2) is 18.2 Å². The Morgan fingerprint density at radius 2 is 1.85 bits per heavy atom. The van der Waals surface area contributed by atoms with Crippen LogP contribution in [0.5, 0.6) is 0 Å². The highest BCUT2D eigenvalue weighted by molar-refractivity contribution is 5.99. The van der Waals surface area contributed by atoms with Gasteiger partial charge in [0.25, 0.3) is 0 Å². The molecule has 0 spiro atoms. The molecule has 10 heteroatoms. The van der Waals surface area contributed by atoms with Gasteiger partial charge in [-0.1, -0.05) is 19.3 Å². The molecule has 4 fully saturated rings. The van der Waals surface area contributed by atoms with Gasteiger partial charge in [-0.2, -0.15) is 0 Å². The van der Waals surface area contributed by atoms with Crippen molar-refractivity contribution in [2.45, 2.75) is 56.3 Å². The Kier molecular flexibility index (Phi) is 8.86. The summed E-state index contributed by atoms with van der Waals surface area (Å²) < 4.78 is 16.6. The Bertz CT molecular complexity index is 1050. The first-order valence-electron chi connectivity index (χ1n) is 14.3. The molecule has 5 rings (SSSR count). The smallest absolute Gasteiger partial charge is 0.249 e. The first-order valence-corrected chi connectivity index (χ1v) is 14.3. The van der Waals surface area contributed by atoms with Crippen LogP contribution in [0.25, 0.3) is 0 Å². The third-order valence-corrected chi connectivity index (χ3v) is 9.10. The highest BCUT2D eigenvalue weighted by Gasteiger charge is 2.54. The molecule has 2 N–H and O–H groups in total. The molecule has 1 aliphatic carbocycles. The highest BCUT2D eigenvalue weighted by Crippen LogP contribution is 2.42. The van der Waals surface area contributed by atoms with Crippen molar-refractivity contribution in [1.29, 1.82) is 0 Å². The summed E-state index contributed by atoms with van der Waals surface area (Å²) in [4.78, 5) is 46.3. The summed E-state index contributed by atoms with van der Waals surface area (Å²) in [6.07, 6.45) is 4.22. The van der Waals surface area contributed by atoms with Crippen LogP contribution in [-0.2, 0) is 23.8 Å². The number of primary amides is 1. The van der Waals surface area contributed by atoms with Gasteiger partial charge in [-0.15, -0.1) is 0 Å². The molecule has 214 valence electrons. The largest absolute Gasteiger partial charge is 0.383 e. The SMILES string of the molecule is COCCN1CCN(c2ccc(C(N)=O)c([C@@H](C(=O)N3C[C@@H](OC)[C@H]4OCC(=O)[C@H]43)C3CCCCC3)c2)CC1. The predicted octanol–water partition coefficient (Wildman–Crippen LogP) is 1.41. The number of ether oxygens (including phenoxy) is 3. The van der Waals surface area contributed by atoms with E-state index in [4.69, 9.17) is 19.9 Å². The lowest BCUT2D eigenvalue weighted by molar-refractivity contribution is -0.139. The highest BCUT2D eigenvalue weighted by atomic mass is 16.5. The molecule has 2 amide bonds. The van der Waals surface area contributed by atoms with E-state index in [9.17, 15) is 14.4 Å². The molecule has 39 heavy (non-hydrogen) atoms. The maximum Gasteiger partial charge on any atom is 0.249 e. The Morgan fingerprint density at radius 3 is 2.51 bits per heavy atom. The molecule has 3 saturated heterocycles. The predicted molar refractivity (Wildman–Crippen MR) is 146 cm³/mol. The zero-order chi connectivity index (χ0) is 27.5. The molecular formula is C29H42N4O6. The molecule has 4 atom stereocenters. The van der Waals surface area contributed by atoms with Gasteiger partial charge in [0.1, 0.15) is 24.9 Å². The summed E-state index contributed by atoms with van der Waals surface area (Å²) in [5.41, 5.74) is 7.95.